The largest absolute Gasteiger partial charge is 0.356 e. The predicted molar refractivity (Wildman–Crippen MR) is 63.0 cm³/mol. The Balaban J connectivity index is 2.23. The van der Waals surface area contributed by atoms with Gasteiger partial charge in [0, 0.05) is 19.4 Å². The summed E-state index contributed by atoms with van der Waals surface area (Å²) < 4.78 is 12.8. The Labute approximate surface area is 100 Å². The second kappa shape index (κ2) is 6.78. The first kappa shape index (κ1) is 13.4. The van der Waals surface area contributed by atoms with Gasteiger partial charge in [0.2, 0.25) is 5.91 Å². The van der Waals surface area contributed by atoms with Crippen LogP contribution in [-0.4, -0.2) is 18.2 Å². The molecule has 17 heavy (non-hydrogen) atoms. The van der Waals surface area contributed by atoms with Crippen LogP contribution in [-0.2, 0) is 16.0 Å². The highest BCUT2D eigenvalue weighted by Gasteiger charge is 2.03. The minimum Gasteiger partial charge on any atom is -0.356 e. The minimum absolute atomic E-state index is 0.00489. The molecular weight excluding hydrogens is 221 g/mol. The first-order valence-corrected chi connectivity index (χ1v) is 5.58. The molecule has 0 heterocycles. The third-order valence-corrected chi connectivity index (χ3v) is 2.33. The summed E-state index contributed by atoms with van der Waals surface area (Å²) in [4.78, 5) is 21.9. The molecule has 3 nitrogen and oxygen atoms in total. The van der Waals surface area contributed by atoms with Crippen molar-refractivity contribution >= 4 is 11.7 Å². The second-order valence-corrected chi connectivity index (χ2v) is 3.93. The average Bonchev–Trinajstić information content (AvgIpc) is 2.26. The number of carbonyl (C=O) groups excluding carboxylic acids is 2. The minimum atomic E-state index is -0.273. The van der Waals surface area contributed by atoms with Gasteiger partial charge >= 0.3 is 0 Å². The average molecular weight is 237 g/mol. The van der Waals surface area contributed by atoms with Gasteiger partial charge in [0.25, 0.3) is 0 Å². The van der Waals surface area contributed by atoms with Crippen LogP contribution in [0.4, 0.5) is 4.39 Å². The van der Waals surface area contributed by atoms with Crippen molar-refractivity contribution in [1.82, 2.24) is 5.32 Å². The van der Waals surface area contributed by atoms with Gasteiger partial charge in [-0.1, -0.05) is 12.1 Å². The van der Waals surface area contributed by atoms with Crippen molar-refractivity contribution in [1.29, 1.82) is 0 Å². The number of ketones is 1. The number of hydrogen-bond donors (Lipinski definition) is 1. The summed E-state index contributed by atoms with van der Waals surface area (Å²) in [6, 6.07) is 6.28. The Hall–Kier alpha value is -1.71. The van der Waals surface area contributed by atoms with Crippen molar-refractivity contribution < 1.29 is 14.0 Å². The summed E-state index contributed by atoms with van der Waals surface area (Å²) in [5.74, 6) is -0.410. The molecule has 0 spiro atoms. The molecule has 0 fully saturated rings. The number of nitrogens with one attached hydrogen (secondary N) is 1. The molecule has 1 N–H and O–H groups in total. The number of benzene rings is 1. The third kappa shape index (κ3) is 5.80. The molecule has 92 valence electrons. The van der Waals surface area contributed by atoms with Gasteiger partial charge in [-0.05, 0) is 31.0 Å². The second-order valence-electron chi connectivity index (χ2n) is 3.93. The third-order valence-electron chi connectivity index (χ3n) is 2.33. The maximum Gasteiger partial charge on any atom is 0.220 e. The molecule has 1 amide bonds. The predicted octanol–water partition coefficient (Wildman–Crippen LogP) is 1.85. The summed E-state index contributed by atoms with van der Waals surface area (Å²) in [6.07, 6.45) is 1.08. The maximum atomic E-state index is 12.8. The van der Waals surface area contributed by atoms with E-state index in [1.54, 1.807) is 6.07 Å². The van der Waals surface area contributed by atoms with Gasteiger partial charge in [-0.25, -0.2) is 4.39 Å². The van der Waals surface area contributed by atoms with E-state index in [1.165, 1.54) is 19.1 Å². The monoisotopic (exact) mass is 237 g/mol. The molecule has 1 aromatic rings. The molecule has 0 bridgehead atoms. The van der Waals surface area contributed by atoms with E-state index in [0.29, 0.717) is 13.0 Å². The molecule has 0 aliphatic rings. The molecule has 0 unspecified atom stereocenters. The van der Waals surface area contributed by atoms with E-state index in [2.05, 4.69) is 5.32 Å². The molecule has 0 radical (unpaired) electrons. The Morgan fingerprint density at radius 3 is 2.71 bits per heavy atom. The molecule has 1 aromatic carbocycles. The summed E-state index contributed by atoms with van der Waals surface area (Å²) in [5.41, 5.74) is 0.844. The lowest BCUT2D eigenvalue weighted by molar-refractivity contribution is -0.124. The topological polar surface area (TPSA) is 46.2 Å². The number of hydrogen-bond acceptors (Lipinski definition) is 2. The van der Waals surface area contributed by atoms with Crippen LogP contribution < -0.4 is 5.32 Å². The Kier molecular flexibility index (Phi) is 5.33. The van der Waals surface area contributed by atoms with Gasteiger partial charge < -0.3 is 10.1 Å². The lowest BCUT2D eigenvalue weighted by atomic mass is 10.1. The van der Waals surface area contributed by atoms with Crippen molar-refractivity contribution in [2.75, 3.05) is 6.54 Å². The van der Waals surface area contributed by atoms with E-state index in [4.69, 9.17) is 0 Å². The fraction of sp³-hybridized carbons (Fsp3) is 0.385. The van der Waals surface area contributed by atoms with E-state index in [1.807, 2.05) is 6.07 Å². The molecule has 0 atom stereocenters. The van der Waals surface area contributed by atoms with Crippen LogP contribution in [0.2, 0.25) is 0 Å². The molecule has 0 aliphatic carbocycles. The molecule has 0 aromatic heterocycles. The van der Waals surface area contributed by atoms with Crippen molar-refractivity contribution in [3.63, 3.8) is 0 Å². The zero-order valence-corrected chi connectivity index (χ0v) is 9.83. The van der Waals surface area contributed by atoms with Crippen LogP contribution >= 0.6 is 0 Å². The normalized spacial score (nSPS) is 10.0. The zero-order chi connectivity index (χ0) is 12.7. The Morgan fingerprint density at radius 1 is 1.29 bits per heavy atom. The maximum absolute atomic E-state index is 12.8. The van der Waals surface area contributed by atoms with Crippen molar-refractivity contribution in [3.8, 4) is 0 Å². The van der Waals surface area contributed by atoms with Crippen LogP contribution in [0.25, 0.3) is 0 Å². The van der Waals surface area contributed by atoms with E-state index in [-0.39, 0.29) is 30.3 Å². The Morgan fingerprint density at radius 2 is 2.06 bits per heavy atom. The number of Topliss-reactive ketones (excluding diaryl/α,β-unsaturated/α-hetero) is 1. The van der Waals surface area contributed by atoms with Crippen LogP contribution in [0.3, 0.4) is 0 Å². The smallest absolute Gasteiger partial charge is 0.220 e. The van der Waals surface area contributed by atoms with Gasteiger partial charge in [0.05, 0.1) is 0 Å². The van der Waals surface area contributed by atoms with Gasteiger partial charge in [0.1, 0.15) is 11.6 Å². The Bertz CT molecular complexity index is 404. The molecule has 0 saturated heterocycles. The fourth-order valence-electron chi connectivity index (χ4n) is 1.42. The number of amides is 1. The van der Waals surface area contributed by atoms with Gasteiger partial charge in [-0.3, -0.25) is 4.79 Å². The zero-order valence-electron chi connectivity index (χ0n) is 9.83. The number of carbonyl (C=O) groups is 2. The summed E-state index contributed by atoms with van der Waals surface area (Å²) in [5, 5.41) is 2.69. The first-order valence-electron chi connectivity index (χ1n) is 5.58. The van der Waals surface area contributed by atoms with Crippen molar-refractivity contribution in [3.05, 3.63) is 35.6 Å². The van der Waals surface area contributed by atoms with Crippen molar-refractivity contribution in [2.45, 2.75) is 26.2 Å². The van der Waals surface area contributed by atoms with Crippen LogP contribution in [0.5, 0.6) is 0 Å². The standard InChI is InChI=1S/C13H16FNO2/c1-10(16)5-6-13(17)15-8-7-11-3-2-4-12(14)9-11/h2-4,9H,5-8H2,1H3,(H,15,17). The summed E-state index contributed by atoms with van der Waals surface area (Å²) >= 11 is 0. The van der Waals surface area contributed by atoms with Gasteiger partial charge in [-0.2, -0.15) is 0 Å². The van der Waals surface area contributed by atoms with E-state index >= 15 is 0 Å². The van der Waals surface area contributed by atoms with E-state index in [0.717, 1.165) is 5.56 Å². The van der Waals surface area contributed by atoms with Crippen LogP contribution in [0.15, 0.2) is 24.3 Å². The molecule has 0 saturated carbocycles. The quantitative estimate of drug-likeness (QED) is 0.820. The van der Waals surface area contributed by atoms with Crippen LogP contribution in [0.1, 0.15) is 25.3 Å². The fourth-order valence-corrected chi connectivity index (χ4v) is 1.42. The number of rotatable bonds is 6. The highest BCUT2D eigenvalue weighted by atomic mass is 19.1. The van der Waals surface area contributed by atoms with Crippen LogP contribution in [0, 0.1) is 5.82 Å². The SMILES string of the molecule is CC(=O)CCC(=O)NCCc1cccc(F)c1. The van der Waals surface area contributed by atoms with Gasteiger partial charge in [-0.15, -0.1) is 0 Å². The molecular formula is C13H16FNO2. The lowest BCUT2D eigenvalue weighted by Gasteiger charge is -2.04. The molecule has 0 aliphatic heterocycles. The van der Waals surface area contributed by atoms with Gasteiger partial charge in [0.15, 0.2) is 0 Å². The van der Waals surface area contributed by atoms with E-state index in [9.17, 15) is 14.0 Å². The lowest BCUT2D eigenvalue weighted by Crippen LogP contribution is -2.25. The van der Waals surface area contributed by atoms with Crippen molar-refractivity contribution in [2.24, 2.45) is 0 Å². The number of halogens is 1. The first-order chi connectivity index (χ1) is 8.08. The highest BCUT2D eigenvalue weighted by Crippen LogP contribution is 2.03. The molecule has 4 heteroatoms. The molecule has 1 rings (SSSR count). The summed E-state index contributed by atoms with van der Waals surface area (Å²) in [6.45, 7) is 1.92. The highest BCUT2D eigenvalue weighted by molar-refractivity contribution is 5.83. The van der Waals surface area contributed by atoms with E-state index < -0.39 is 0 Å². The summed E-state index contributed by atoms with van der Waals surface area (Å²) in [7, 11) is 0.